The molecular formula is C26H31FN6O3. The van der Waals surface area contributed by atoms with Crippen LogP contribution in [0.15, 0.2) is 42.7 Å². The molecule has 36 heavy (non-hydrogen) atoms. The molecule has 2 saturated heterocycles. The number of hydrogen-bond acceptors (Lipinski definition) is 8. The lowest BCUT2D eigenvalue weighted by Crippen LogP contribution is -2.52. The first kappa shape index (κ1) is 24.3. The molecule has 0 radical (unpaired) electrons. The molecule has 1 amide bonds. The average Bonchev–Trinajstić information content (AvgIpc) is 2.91. The van der Waals surface area contributed by atoms with Crippen LogP contribution in [0.4, 0.5) is 15.9 Å². The summed E-state index contributed by atoms with van der Waals surface area (Å²) in [5, 5.41) is 3.34. The first-order valence-corrected chi connectivity index (χ1v) is 12.3. The Morgan fingerprint density at radius 2 is 1.86 bits per heavy atom. The lowest BCUT2D eigenvalue weighted by atomic mass is 10.1. The van der Waals surface area contributed by atoms with Crippen LogP contribution < -0.4 is 10.2 Å². The van der Waals surface area contributed by atoms with E-state index in [-0.39, 0.29) is 6.10 Å². The Labute approximate surface area is 209 Å². The summed E-state index contributed by atoms with van der Waals surface area (Å²) in [6, 6.07) is 10.3. The molecule has 1 N–H and O–H groups in total. The lowest BCUT2D eigenvalue weighted by Gasteiger charge is -2.35. The molecule has 2 aromatic heterocycles. The average molecular weight is 495 g/mol. The van der Waals surface area contributed by atoms with Crippen LogP contribution in [0.5, 0.6) is 0 Å². The maximum atomic E-state index is 14.2. The number of aromatic nitrogens is 3. The minimum absolute atomic E-state index is 0.296. The Hall–Kier alpha value is -3.37. The van der Waals surface area contributed by atoms with Gasteiger partial charge in [0.15, 0.2) is 11.5 Å². The second-order valence-electron chi connectivity index (χ2n) is 9.52. The molecule has 4 heterocycles. The van der Waals surface area contributed by atoms with Crippen LogP contribution in [0.25, 0.3) is 22.3 Å². The third-order valence-corrected chi connectivity index (χ3v) is 6.43. The quantitative estimate of drug-likeness (QED) is 0.559. The minimum Gasteiger partial charge on any atom is -0.378 e. The molecule has 5 rings (SSSR count). The lowest BCUT2D eigenvalue weighted by molar-refractivity contribution is -0.148. The number of morpholine rings is 2. The summed E-state index contributed by atoms with van der Waals surface area (Å²) in [4.78, 5) is 30.0. The second kappa shape index (κ2) is 10.3. The Balaban J connectivity index is 1.34. The summed E-state index contributed by atoms with van der Waals surface area (Å²) >= 11 is 0. The highest BCUT2D eigenvalue weighted by atomic mass is 19.1. The number of amides is 1. The predicted molar refractivity (Wildman–Crippen MR) is 136 cm³/mol. The molecule has 0 bridgehead atoms. The Bertz CT molecular complexity index is 1210. The smallest absolute Gasteiger partial charge is 0.259 e. The number of fused-ring (bicyclic) bond motifs is 1. The number of nitrogens with one attached hydrogen (secondary N) is 1. The topological polar surface area (TPSA) is 92.7 Å². The normalized spacial score (nSPS) is 18.9. The number of pyridine rings is 1. The first-order chi connectivity index (χ1) is 17.4. The molecule has 0 aliphatic carbocycles. The van der Waals surface area contributed by atoms with E-state index in [1.807, 2.05) is 6.07 Å². The van der Waals surface area contributed by atoms with E-state index in [1.165, 1.54) is 18.7 Å². The third kappa shape index (κ3) is 5.39. The highest BCUT2D eigenvalue weighted by molar-refractivity contribution is 5.88. The van der Waals surface area contributed by atoms with Gasteiger partial charge < -0.3 is 24.6 Å². The number of carbonyl (C=O) groups excluding carboxylic acids is 1. The summed E-state index contributed by atoms with van der Waals surface area (Å²) in [6.45, 7) is 7.26. The number of ether oxygens (including phenoxy) is 2. The highest BCUT2D eigenvalue weighted by Crippen LogP contribution is 2.28. The summed E-state index contributed by atoms with van der Waals surface area (Å²) in [7, 11) is 0. The number of carbonyl (C=O) groups is 1. The van der Waals surface area contributed by atoms with Gasteiger partial charge in [0.25, 0.3) is 5.91 Å². The van der Waals surface area contributed by atoms with E-state index in [4.69, 9.17) is 14.5 Å². The summed E-state index contributed by atoms with van der Waals surface area (Å²) in [5.74, 6) is 0.0680. The van der Waals surface area contributed by atoms with E-state index >= 15 is 0 Å². The van der Waals surface area contributed by atoms with E-state index in [0.717, 1.165) is 48.8 Å². The van der Waals surface area contributed by atoms with E-state index in [9.17, 15) is 9.18 Å². The van der Waals surface area contributed by atoms with E-state index < -0.39 is 11.6 Å². The molecule has 2 aliphatic heterocycles. The van der Waals surface area contributed by atoms with Gasteiger partial charge in [-0.25, -0.2) is 14.4 Å². The highest BCUT2D eigenvalue weighted by Gasteiger charge is 2.34. The predicted octanol–water partition coefficient (Wildman–Crippen LogP) is 2.92. The van der Waals surface area contributed by atoms with Crippen molar-refractivity contribution in [2.75, 3.05) is 62.8 Å². The minimum atomic E-state index is -1.91. The monoisotopic (exact) mass is 494 g/mol. The van der Waals surface area contributed by atoms with Crippen LogP contribution in [0.1, 0.15) is 13.8 Å². The van der Waals surface area contributed by atoms with Crippen molar-refractivity contribution < 1.29 is 18.7 Å². The van der Waals surface area contributed by atoms with Gasteiger partial charge >= 0.3 is 0 Å². The first-order valence-electron chi connectivity index (χ1n) is 12.3. The van der Waals surface area contributed by atoms with Gasteiger partial charge in [0.05, 0.1) is 37.1 Å². The molecule has 1 aromatic carbocycles. The van der Waals surface area contributed by atoms with Crippen molar-refractivity contribution in [3.63, 3.8) is 0 Å². The fourth-order valence-electron chi connectivity index (χ4n) is 4.52. The van der Waals surface area contributed by atoms with Crippen LogP contribution in [0.2, 0.25) is 0 Å². The van der Waals surface area contributed by atoms with Crippen molar-refractivity contribution in [1.82, 2.24) is 19.9 Å². The fraction of sp³-hybridized carbons (Fsp3) is 0.462. The van der Waals surface area contributed by atoms with Crippen LogP contribution in [0, 0.1) is 0 Å². The van der Waals surface area contributed by atoms with Crippen molar-refractivity contribution in [3.05, 3.63) is 42.7 Å². The zero-order valence-electron chi connectivity index (χ0n) is 20.6. The van der Waals surface area contributed by atoms with Gasteiger partial charge in [-0.15, -0.1) is 0 Å². The Kier molecular flexibility index (Phi) is 6.97. The van der Waals surface area contributed by atoms with Gasteiger partial charge in [0, 0.05) is 56.4 Å². The molecule has 10 heteroatoms. The Morgan fingerprint density at radius 1 is 1.11 bits per heavy atom. The van der Waals surface area contributed by atoms with Gasteiger partial charge in [0.1, 0.15) is 5.52 Å². The Morgan fingerprint density at radius 3 is 2.61 bits per heavy atom. The van der Waals surface area contributed by atoms with Gasteiger partial charge in [-0.05, 0) is 32.0 Å². The maximum Gasteiger partial charge on any atom is 0.259 e. The zero-order chi connectivity index (χ0) is 25.1. The number of hydrogen-bond donors (Lipinski definition) is 1. The zero-order valence-corrected chi connectivity index (χ0v) is 20.6. The number of halogens is 1. The molecule has 1 unspecified atom stereocenters. The van der Waals surface area contributed by atoms with E-state index in [1.54, 1.807) is 12.4 Å². The number of benzene rings is 1. The molecule has 1 atom stereocenters. The SMILES string of the molecule is CC(C)(F)C(=O)N1CCOC(CNc2nc(-c3ccc(N4CCOCC4)cc3)cc3nccnc23)C1. The van der Waals surface area contributed by atoms with Crippen LogP contribution in [-0.2, 0) is 14.3 Å². The van der Waals surface area contributed by atoms with Gasteiger partial charge in [0.2, 0.25) is 0 Å². The molecule has 2 aliphatic rings. The molecule has 9 nitrogen and oxygen atoms in total. The van der Waals surface area contributed by atoms with Crippen molar-refractivity contribution >= 4 is 28.4 Å². The van der Waals surface area contributed by atoms with Crippen molar-refractivity contribution in [1.29, 1.82) is 0 Å². The van der Waals surface area contributed by atoms with Gasteiger partial charge in [-0.1, -0.05) is 12.1 Å². The molecular weight excluding hydrogens is 463 g/mol. The van der Waals surface area contributed by atoms with Crippen LogP contribution in [0.3, 0.4) is 0 Å². The van der Waals surface area contributed by atoms with Crippen LogP contribution >= 0.6 is 0 Å². The summed E-state index contributed by atoms with van der Waals surface area (Å²) in [5.41, 5.74) is 2.38. The third-order valence-electron chi connectivity index (χ3n) is 6.43. The summed E-state index contributed by atoms with van der Waals surface area (Å²) < 4.78 is 25.5. The molecule has 3 aromatic rings. The number of alkyl halides is 1. The molecule has 0 spiro atoms. The van der Waals surface area contributed by atoms with Gasteiger partial charge in [-0.2, -0.15) is 0 Å². The van der Waals surface area contributed by atoms with Gasteiger partial charge in [-0.3, -0.25) is 9.78 Å². The second-order valence-corrected chi connectivity index (χ2v) is 9.52. The van der Waals surface area contributed by atoms with E-state index in [2.05, 4.69) is 44.5 Å². The molecule has 2 fully saturated rings. The fourth-order valence-corrected chi connectivity index (χ4v) is 4.52. The van der Waals surface area contributed by atoms with Crippen LogP contribution in [-0.4, -0.2) is 90.1 Å². The molecule has 190 valence electrons. The van der Waals surface area contributed by atoms with Crippen molar-refractivity contribution in [2.45, 2.75) is 25.6 Å². The number of anilines is 2. The standard InChI is InChI=1S/C26H31FN6O3/c1-26(2,27)25(34)33-11-14-36-20(17-33)16-30-24-23-22(28-7-8-29-23)15-21(31-24)18-3-5-19(6-4-18)32-9-12-35-13-10-32/h3-8,15,20H,9-14,16-17H2,1-2H3,(H,30,31). The van der Waals surface area contributed by atoms with E-state index in [0.29, 0.717) is 37.6 Å². The number of rotatable bonds is 6. The van der Waals surface area contributed by atoms with Crippen molar-refractivity contribution in [2.24, 2.45) is 0 Å². The van der Waals surface area contributed by atoms with Crippen molar-refractivity contribution in [3.8, 4) is 11.3 Å². The maximum absolute atomic E-state index is 14.2. The summed E-state index contributed by atoms with van der Waals surface area (Å²) in [6.07, 6.45) is 2.99. The largest absolute Gasteiger partial charge is 0.378 e. The molecule has 0 saturated carbocycles. The number of nitrogens with zero attached hydrogens (tertiary/aromatic N) is 5.